The van der Waals surface area contributed by atoms with Gasteiger partial charge >= 0.3 is 0 Å². The molecule has 0 bridgehead atoms. The van der Waals surface area contributed by atoms with Gasteiger partial charge in [-0.15, -0.1) is 0 Å². The average molecular weight is 329 g/mol. The number of para-hydroxylation sites is 1. The lowest BCUT2D eigenvalue weighted by Crippen LogP contribution is -2.02. The van der Waals surface area contributed by atoms with E-state index in [1.165, 1.54) is 0 Å². The van der Waals surface area contributed by atoms with Crippen LogP contribution in [0.4, 0.5) is 0 Å². The number of ether oxygens (including phenoxy) is 1. The van der Waals surface area contributed by atoms with Crippen LogP contribution in [0.1, 0.15) is 16.1 Å². The van der Waals surface area contributed by atoms with Gasteiger partial charge in [0.05, 0.1) is 12.7 Å². The SMILES string of the molecule is COc1ccccc1-c1c(C(=O)c2ccccc2)oc2cccnc12. The second-order valence-corrected chi connectivity index (χ2v) is 5.55. The van der Waals surface area contributed by atoms with Crippen molar-refractivity contribution in [2.45, 2.75) is 0 Å². The van der Waals surface area contributed by atoms with Gasteiger partial charge in [-0.2, -0.15) is 0 Å². The van der Waals surface area contributed by atoms with Gasteiger partial charge in [0.2, 0.25) is 5.78 Å². The molecule has 4 rings (SSSR count). The molecule has 0 spiro atoms. The van der Waals surface area contributed by atoms with Gasteiger partial charge < -0.3 is 9.15 Å². The maximum Gasteiger partial charge on any atom is 0.228 e. The molecule has 2 heterocycles. The van der Waals surface area contributed by atoms with Crippen molar-refractivity contribution in [2.24, 2.45) is 0 Å². The van der Waals surface area contributed by atoms with E-state index in [0.717, 1.165) is 5.56 Å². The molecule has 0 aliphatic carbocycles. The monoisotopic (exact) mass is 329 g/mol. The molecule has 2 aromatic heterocycles. The van der Waals surface area contributed by atoms with Crippen LogP contribution >= 0.6 is 0 Å². The number of carbonyl (C=O) groups excluding carboxylic acids is 1. The summed E-state index contributed by atoms with van der Waals surface area (Å²) < 4.78 is 11.4. The molecule has 4 aromatic rings. The number of pyridine rings is 1. The first-order chi connectivity index (χ1) is 12.3. The Hall–Kier alpha value is -3.40. The number of nitrogens with zero attached hydrogens (tertiary/aromatic N) is 1. The highest BCUT2D eigenvalue weighted by atomic mass is 16.5. The highest BCUT2D eigenvalue weighted by Gasteiger charge is 2.25. The number of aromatic nitrogens is 1. The molecule has 122 valence electrons. The fraction of sp³-hybridized carbons (Fsp3) is 0.0476. The lowest BCUT2D eigenvalue weighted by Gasteiger charge is -2.08. The quantitative estimate of drug-likeness (QED) is 0.508. The molecule has 0 fully saturated rings. The summed E-state index contributed by atoms with van der Waals surface area (Å²) in [5.41, 5.74) is 3.22. The number of hydrogen-bond donors (Lipinski definition) is 0. The van der Waals surface area contributed by atoms with Gasteiger partial charge in [-0.05, 0) is 18.2 Å². The van der Waals surface area contributed by atoms with Crippen LogP contribution in [0.2, 0.25) is 0 Å². The Morgan fingerprint density at radius 1 is 0.960 bits per heavy atom. The molecule has 0 N–H and O–H groups in total. The second-order valence-electron chi connectivity index (χ2n) is 5.55. The van der Waals surface area contributed by atoms with Gasteiger partial charge in [-0.1, -0.05) is 48.5 Å². The van der Waals surface area contributed by atoms with E-state index < -0.39 is 0 Å². The summed E-state index contributed by atoms with van der Waals surface area (Å²) in [4.78, 5) is 17.5. The number of carbonyl (C=O) groups is 1. The molecule has 0 radical (unpaired) electrons. The Morgan fingerprint density at radius 3 is 2.52 bits per heavy atom. The summed E-state index contributed by atoms with van der Waals surface area (Å²) >= 11 is 0. The summed E-state index contributed by atoms with van der Waals surface area (Å²) in [6.45, 7) is 0. The van der Waals surface area contributed by atoms with Crippen LogP contribution in [0, 0.1) is 0 Å². The second kappa shape index (κ2) is 6.24. The smallest absolute Gasteiger partial charge is 0.228 e. The van der Waals surface area contributed by atoms with E-state index in [1.54, 1.807) is 31.5 Å². The summed E-state index contributed by atoms with van der Waals surface area (Å²) in [6, 6.07) is 20.2. The fourth-order valence-electron chi connectivity index (χ4n) is 2.91. The van der Waals surface area contributed by atoms with Crippen LogP contribution in [0.3, 0.4) is 0 Å². The predicted molar refractivity (Wildman–Crippen MR) is 95.9 cm³/mol. The number of benzene rings is 2. The normalized spacial score (nSPS) is 10.8. The van der Waals surface area contributed by atoms with Crippen molar-refractivity contribution >= 4 is 16.9 Å². The largest absolute Gasteiger partial charge is 0.496 e. The third-order valence-corrected chi connectivity index (χ3v) is 4.07. The zero-order chi connectivity index (χ0) is 17.2. The van der Waals surface area contributed by atoms with Gasteiger partial charge in [0.15, 0.2) is 11.3 Å². The van der Waals surface area contributed by atoms with Crippen LogP contribution in [-0.2, 0) is 0 Å². The van der Waals surface area contributed by atoms with E-state index in [2.05, 4.69) is 4.98 Å². The molecular formula is C21H15NO3. The van der Waals surface area contributed by atoms with Crippen molar-refractivity contribution in [2.75, 3.05) is 7.11 Å². The summed E-state index contributed by atoms with van der Waals surface area (Å²) in [5.74, 6) is 0.752. The highest BCUT2D eigenvalue weighted by molar-refractivity contribution is 6.15. The van der Waals surface area contributed by atoms with E-state index in [0.29, 0.717) is 28.0 Å². The van der Waals surface area contributed by atoms with Crippen LogP contribution in [0.15, 0.2) is 77.3 Å². The molecule has 0 atom stereocenters. The van der Waals surface area contributed by atoms with E-state index in [9.17, 15) is 4.79 Å². The minimum Gasteiger partial charge on any atom is -0.496 e. The molecule has 4 nitrogen and oxygen atoms in total. The Labute approximate surface area is 144 Å². The molecule has 0 saturated heterocycles. The first-order valence-corrected chi connectivity index (χ1v) is 7.90. The molecule has 0 unspecified atom stereocenters. The lowest BCUT2D eigenvalue weighted by atomic mass is 9.99. The zero-order valence-electron chi connectivity index (χ0n) is 13.6. The number of fused-ring (bicyclic) bond motifs is 1. The molecule has 0 saturated carbocycles. The van der Waals surface area contributed by atoms with Crippen molar-refractivity contribution in [1.29, 1.82) is 0 Å². The number of rotatable bonds is 4. The highest BCUT2D eigenvalue weighted by Crippen LogP contribution is 2.39. The van der Waals surface area contributed by atoms with E-state index in [4.69, 9.17) is 9.15 Å². The van der Waals surface area contributed by atoms with Crippen LogP contribution < -0.4 is 4.74 Å². The lowest BCUT2D eigenvalue weighted by molar-refractivity contribution is 0.101. The van der Waals surface area contributed by atoms with E-state index in [-0.39, 0.29) is 11.5 Å². The van der Waals surface area contributed by atoms with Gasteiger partial charge in [-0.3, -0.25) is 9.78 Å². The van der Waals surface area contributed by atoms with Gasteiger partial charge in [0.1, 0.15) is 11.3 Å². The van der Waals surface area contributed by atoms with Crippen LogP contribution in [0.25, 0.3) is 22.2 Å². The standard InChI is InChI=1S/C21H15NO3/c1-24-16-11-6-5-10-15(16)18-19-17(12-7-13-22-19)25-21(18)20(23)14-8-3-2-4-9-14/h2-13H,1H3. The van der Waals surface area contributed by atoms with Crippen molar-refractivity contribution in [3.8, 4) is 16.9 Å². The van der Waals surface area contributed by atoms with E-state index in [1.807, 2.05) is 48.5 Å². The van der Waals surface area contributed by atoms with Crippen LogP contribution in [-0.4, -0.2) is 17.9 Å². The summed E-state index contributed by atoms with van der Waals surface area (Å²) in [5, 5.41) is 0. The average Bonchev–Trinajstić information content (AvgIpc) is 3.07. The number of furan rings is 1. The molecular weight excluding hydrogens is 314 g/mol. The zero-order valence-corrected chi connectivity index (χ0v) is 13.6. The predicted octanol–water partition coefficient (Wildman–Crippen LogP) is 4.73. The molecule has 0 amide bonds. The molecule has 2 aromatic carbocycles. The molecule has 0 aliphatic heterocycles. The first kappa shape index (κ1) is 15.1. The van der Waals surface area contributed by atoms with Crippen molar-refractivity contribution in [3.63, 3.8) is 0 Å². The summed E-state index contributed by atoms with van der Waals surface area (Å²) in [7, 11) is 1.60. The molecule has 0 aliphatic rings. The fourth-order valence-corrected chi connectivity index (χ4v) is 2.91. The van der Waals surface area contributed by atoms with Gasteiger partial charge in [0.25, 0.3) is 0 Å². The number of hydrogen-bond acceptors (Lipinski definition) is 4. The summed E-state index contributed by atoms with van der Waals surface area (Å²) in [6.07, 6.45) is 1.69. The Balaban J connectivity index is 2.01. The molecule has 25 heavy (non-hydrogen) atoms. The third kappa shape index (κ3) is 2.58. The maximum atomic E-state index is 13.0. The van der Waals surface area contributed by atoms with Crippen molar-refractivity contribution in [1.82, 2.24) is 4.98 Å². The Kier molecular flexibility index (Phi) is 3.78. The van der Waals surface area contributed by atoms with Gasteiger partial charge in [0, 0.05) is 17.3 Å². The van der Waals surface area contributed by atoms with Crippen LogP contribution in [0.5, 0.6) is 5.75 Å². The molecule has 4 heteroatoms. The number of ketones is 1. The first-order valence-electron chi connectivity index (χ1n) is 7.90. The van der Waals surface area contributed by atoms with Crippen molar-refractivity contribution in [3.05, 3.63) is 84.3 Å². The third-order valence-electron chi connectivity index (χ3n) is 4.07. The maximum absolute atomic E-state index is 13.0. The number of methoxy groups -OCH3 is 1. The van der Waals surface area contributed by atoms with Gasteiger partial charge in [-0.25, -0.2) is 0 Å². The minimum atomic E-state index is -0.181. The Bertz CT molecular complexity index is 1050. The topological polar surface area (TPSA) is 52.3 Å². The Morgan fingerprint density at radius 2 is 1.72 bits per heavy atom. The minimum absolute atomic E-state index is 0.181. The van der Waals surface area contributed by atoms with Crippen molar-refractivity contribution < 1.29 is 13.9 Å². The van der Waals surface area contributed by atoms with E-state index >= 15 is 0 Å².